The second-order valence-electron chi connectivity index (χ2n) is 6.69. The number of halogens is 2. The largest absolute Gasteiger partial charge is 0.463 e. The zero-order valence-electron chi connectivity index (χ0n) is 17.1. The number of hydrogen-bond acceptors (Lipinski definition) is 7. The molecule has 0 saturated heterocycles. The van der Waals surface area contributed by atoms with E-state index >= 15 is 0 Å². The van der Waals surface area contributed by atoms with Gasteiger partial charge in [0, 0.05) is 17.2 Å². The summed E-state index contributed by atoms with van der Waals surface area (Å²) < 4.78 is 10.4. The highest BCUT2D eigenvalue weighted by atomic mass is 35.5. The van der Waals surface area contributed by atoms with Crippen molar-refractivity contribution in [1.82, 2.24) is 10.6 Å². The monoisotopic (exact) mass is 493 g/mol. The average molecular weight is 494 g/mol. The molecule has 2 amide bonds. The molecule has 172 valence electrons. The zero-order chi connectivity index (χ0) is 24.1. The van der Waals surface area contributed by atoms with Gasteiger partial charge in [-0.1, -0.05) is 35.3 Å². The summed E-state index contributed by atoms with van der Waals surface area (Å²) in [5, 5.41) is 16.2. The fraction of sp³-hybridized carbons (Fsp3) is 0.190. The minimum absolute atomic E-state index is 0.0172. The molecule has 1 unspecified atom stereocenters. The van der Waals surface area contributed by atoms with Crippen LogP contribution in [0.5, 0.6) is 0 Å². The van der Waals surface area contributed by atoms with Crippen LogP contribution < -0.4 is 10.6 Å². The number of nitro groups is 1. The lowest BCUT2D eigenvalue weighted by atomic mass is 9.95. The second-order valence-corrected chi connectivity index (χ2v) is 7.54. The van der Waals surface area contributed by atoms with Crippen molar-refractivity contribution in [3.05, 3.63) is 85.0 Å². The van der Waals surface area contributed by atoms with Crippen LogP contribution in [-0.4, -0.2) is 36.1 Å². The standard InChI is InChI=1S/C21H17Cl2N3O7/c1-2-32-20(28)17-16(24-21(29)25-18(17)11-3-5-12(22)6-4-11)10-33-19(27)14-8-7-13(26(30)31)9-15(14)23/h3-9,18H,2,10H2,1H3,(H2,24,25,29). The number of rotatable bonds is 7. The highest BCUT2D eigenvalue weighted by Gasteiger charge is 2.34. The molecule has 2 aromatic carbocycles. The summed E-state index contributed by atoms with van der Waals surface area (Å²) in [5.74, 6) is -1.62. The van der Waals surface area contributed by atoms with Crippen LogP contribution in [0.15, 0.2) is 53.7 Å². The maximum atomic E-state index is 12.7. The number of benzene rings is 2. The number of nitrogens with zero attached hydrogens (tertiary/aromatic N) is 1. The van der Waals surface area contributed by atoms with Gasteiger partial charge in [0.1, 0.15) is 6.61 Å². The van der Waals surface area contributed by atoms with E-state index in [0.717, 1.165) is 18.2 Å². The van der Waals surface area contributed by atoms with Crippen LogP contribution in [0, 0.1) is 10.1 Å². The van der Waals surface area contributed by atoms with Crippen molar-refractivity contribution in [1.29, 1.82) is 0 Å². The SMILES string of the molecule is CCOC(=O)C1=C(COC(=O)c2ccc([N+](=O)[O-])cc2Cl)NC(=O)NC1c1ccc(Cl)cc1. The molecule has 2 N–H and O–H groups in total. The lowest BCUT2D eigenvalue weighted by molar-refractivity contribution is -0.384. The fourth-order valence-electron chi connectivity index (χ4n) is 3.09. The van der Waals surface area contributed by atoms with Crippen molar-refractivity contribution in [2.45, 2.75) is 13.0 Å². The van der Waals surface area contributed by atoms with Gasteiger partial charge in [0.15, 0.2) is 0 Å². The summed E-state index contributed by atoms with van der Waals surface area (Å²) in [7, 11) is 0. The first-order valence-corrected chi connectivity index (χ1v) is 10.3. The van der Waals surface area contributed by atoms with Crippen LogP contribution in [0.25, 0.3) is 0 Å². The summed E-state index contributed by atoms with van der Waals surface area (Å²) in [6, 6.07) is 8.25. The number of nitrogens with one attached hydrogen (secondary N) is 2. The molecule has 0 saturated carbocycles. The topological polar surface area (TPSA) is 137 Å². The summed E-state index contributed by atoms with van der Waals surface area (Å²) in [4.78, 5) is 47.7. The molecule has 1 atom stereocenters. The summed E-state index contributed by atoms with van der Waals surface area (Å²) in [6.45, 7) is 1.22. The van der Waals surface area contributed by atoms with Crippen LogP contribution in [0.4, 0.5) is 10.5 Å². The van der Waals surface area contributed by atoms with E-state index in [0.29, 0.717) is 10.6 Å². The Kier molecular flexibility index (Phi) is 7.52. The first kappa shape index (κ1) is 24.0. The molecular weight excluding hydrogens is 477 g/mol. The fourth-order valence-corrected chi connectivity index (χ4v) is 3.46. The third-order valence-corrected chi connectivity index (χ3v) is 5.15. The van der Waals surface area contributed by atoms with Crippen LogP contribution >= 0.6 is 23.2 Å². The molecule has 0 bridgehead atoms. The van der Waals surface area contributed by atoms with E-state index in [1.807, 2.05) is 0 Å². The summed E-state index contributed by atoms with van der Waals surface area (Å²) >= 11 is 11.9. The van der Waals surface area contributed by atoms with Gasteiger partial charge in [0.2, 0.25) is 0 Å². The van der Waals surface area contributed by atoms with Gasteiger partial charge >= 0.3 is 18.0 Å². The van der Waals surface area contributed by atoms with Crippen LogP contribution in [-0.2, 0) is 14.3 Å². The first-order chi connectivity index (χ1) is 15.7. The molecule has 12 heteroatoms. The molecule has 10 nitrogen and oxygen atoms in total. The minimum atomic E-state index is -0.901. The number of nitro benzene ring substituents is 1. The molecule has 0 aromatic heterocycles. The van der Waals surface area contributed by atoms with E-state index in [1.165, 1.54) is 0 Å². The van der Waals surface area contributed by atoms with Gasteiger partial charge in [-0.3, -0.25) is 10.1 Å². The quantitative estimate of drug-likeness (QED) is 0.338. The molecule has 1 aliphatic heterocycles. The van der Waals surface area contributed by atoms with E-state index in [9.17, 15) is 24.5 Å². The smallest absolute Gasteiger partial charge is 0.340 e. The van der Waals surface area contributed by atoms with E-state index in [-0.39, 0.29) is 34.2 Å². The Bertz CT molecular complexity index is 1150. The van der Waals surface area contributed by atoms with Gasteiger partial charge in [-0.25, -0.2) is 14.4 Å². The number of ether oxygens (including phenoxy) is 2. The molecule has 1 heterocycles. The Morgan fingerprint density at radius 2 is 1.79 bits per heavy atom. The van der Waals surface area contributed by atoms with E-state index in [4.69, 9.17) is 32.7 Å². The van der Waals surface area contributed by atoms with Crippen molar-refractivity contribution < 1.29 is 28.8 Å². The lowest BCUT2D eigenvalue weighted by Gasteiger charge is -2.29. The highest BCUT2D eigenvalue weighted by Crippen LogP contribution is 2.29. The van der Waals surface area contributed by atoms with Gasteiger partial charge in [0.05, 0.1) is 39.4 Å². The predicted molar refractivity (Wildman–Crippen MR) is 118 cm³/mol. The molecule has 2 aromatic rings. The van der Waals surface area contributed by atoms with E-state index < -0.39 is 35.5 Å². The van der Waals surface area contributed by atoms with Crippen molar-refractivity contribution in [2.24, 2.45) is 0 Å². The highest BCUT2D eigenvalue weighted by molar-refractivity contribution is 6.33. The Hall–Kier alpha value is -3.63. The molecule has 1 aliphatic rings. The van der Waals surface area contributed by atoms with Crippen molar-refractivity contribution in [2.75, 3.05) is 13.2 Å². The van der Waals surface area contributed by atoms with Crippen molar-refractivity contribution >= 4 is 46.9 Å². The maximum absolute atomic E-state index is 12.7. The number of carbonyl (C=O) groups is 3. The average Bonchev–Trinajstić information content (AvgIpc) is 2.77. The Labute approximate surface area is 197 Å². The van der Waals surface area contributed by atoms with E-state index in [1.54, 1.807) is 31.2 Å². The molecular formula is C21H17Cl2N3O7. The third kappa shape index (κ3) is 5.60. The van der Waals surface area contributed by atoms with Gasteiger partial charge < -0.3 is 20.1 Å². The van der Waals surface area contributed by atoms with Gasteiger partial charge in [-0.15, -0.1) is 0 Å². The van der Waals surface area contributed by atoms with Gasteiger partial charge in [-0.05, 0) is 30.7 Å². The first-order valence-electron chi connectivity index (χ1n) is 9.55. The predicted octanol–water partition coefficient (Wildman–Crippen LogP) is 3.93. The summed E-state index contributed by atoms with van der Waals surface area (Å²) in [5.41, 5.74) is 0.208. The molecule has 0 radical (unpaired) electrons. The van der Waals surface area contributed by atoms with Gasteiger partial charge in [0.25, 0.3) is 5.69 Å². The van der Waals surface area contributed by atoms with Crippen LogP contribution in [0.1, 0.15) is 28.9 Å². The van der Waals surface area contributed by atoms with Crippen molar-refractivity contribution in [3.8, 4) is 0 Å². The number of urea groups is 1. The molecule has 33 heavy (non-hydrogen) atoms. The normalized spacial score (nSPS) is 15.4. The lowest BCUT2D eigenvalue weighted by Crippen LogP contribution is -2.47. The zero-order valence-corrected chi connectivity index (χ0v) is 18.6. The van der Waals surface area contributed by atoms with Crippen molar-refractivity contribution in [3.63, 3.8) is 0 Å². The molecule has 0 aliphatic carbocycles. The third-order valence-electron chi connectivity index (χ3n) is 4.58. The second kappa shape index (κ2) is 10.3. The Morgan fingerprint density at radius 3 is 2.39 bits per heavy atom. The Morgan fingerprint density at radius 1 is 1.09 bits per heavy atom. The summed E-state index contributed by atoms with van der Waals surface area (Å²) in [6.07, 6.45) is 0. The van der Waals surface area contributed by atoms with Crippen LogP contribution in [0.3, 0.4) is 0 Å². The molecule has 3 rings (SSSR count). The molecule has 0 spiro atoms. The number of amides is 2. The van der Waals surface area contributed by atoms with Crippen LogP contribution in [0.2, 0.25) is 10.0 Å². The number of carbonyl (C=O) groups excluding carboxylic acids is 3. The number of esters is 2. The molecule has 0 fully saturated rings. The minimum Gasteiger partial charge on any atom is -0.463 e. The van der Waals surface area contributed by atoms with Gasteiger partial charge in [-0.2, -0.15) is 0 Å². The number of hydrogen-bond donors (Lipinski definition) is 2. The number of non-ortho nitro benzene ring substituents is 1. The maximum Gasteiger partial charge on any atom is 0.340 e. The van der Waals surface area contributed by atoms with E-state index in [2.05, 4.69) is 10.6 Å². The Balaban J connectivity index is 1.91.